The van der Waals surface area contributed by atoms with Gasteiger partial charge in [0.1, 0.15) is 19.0 Å². The number of ether oxygens (including phenoxy) is 4. The van der Waals surface area contributed by atoms with Crippen LogP contribution in [0.5, 0.6) is 17.2 Å². The molecule has 37 heavy (non-hydrogen) atoms. The molecular formula is C29H33ClN2O5. The number of aryl methyl sites for hydroxylation is 1. The van der Waals surface area contributed by atoms with Gasteiger partial charge in [-0.1, -0.05) is 41.4 Å². The van der Waals surface area contributed by atoms with Crippen molar-refractivity contribution in [1.82, 2.24) is 4.90 Å². The number of hydrogen-bond donors (Lipinski definition) is 1. The number of benzene rings is 3. The van der Waals surface area contributed by atoms with Crippen molar-refractivity contribution < 1.29 is 24.1 Å². The molecule has 196 valence electrons. The highest BCUT2D eigenvalue weighted by Gasteiger charge is 2.14. The minimum absolute atomic E-state index is 0.0754. The van der Waals surface area contributed by atoms with Crippen molar-refractivity contribution in [2.24, 2.45) is 4.99 Å². The topological polar surface area (TPSA) is 72.8 Å². The van der Waals surface area contributed by atoms with E-state index in [4.69, 9.17) is 30.5 Å². The maximum absolute atomic E-state index is 10.7. The van der Waals surface area contributed by atoms with Crippen molar-refractivity contribution in [1.29, 1.82) is 0 Å². The van der Waals surface area contributed by atoms with E-state index in [0.717, 1.165) is 16.8 Å². The Hall–Kier alpha value is -3.10. The van der Waals surface area contributed by atoms with Crippen LogP contribution in [0, 0.1) is 6.92 Å². The minimum Gasteiger partial charge on any atom is -0.506 e. The molecule has 0 saturated carbocycles. The van der Waals surface area contributed by atoms with Crippen LogP contribution in [0.25, 0.3) is 0 Å². The Kier molecular flexibility index (Phi) is 10.2. The molecule has 0 aromatic heterocycles. The molecule has 1 aliphatic rings. The van der Waals surface area contributed by atoms with Crippen LogP contribution in [0.1, 0.15) is 16.7 Å². The fourth-order valence-corrected chi connectivity index (χ4v) is 4.11. The van der Waals surface area contributed by atoms with Gasteiger partial charge >= 0.3 is 0 Å². The number of nitrogens with zero attached hydrogens (tertiary/aromatic N) is 2. The Bertz CT molecular complexity index is 1130. The van der Waals surface area contributed by atoms with Crippen molar-refractivity contribution in [2.75, 3.05) is 52.7 Å². The first-order valence-electron chi connectivity index (χ1n) is 12.4. The third kappa shape index (κ3) is 8.47. The van der Waals surface area contributed by atoms with Gasteiger partial charge in [0.2, 0.25) is 0 Å². The zero-order valence-corrected chi connectivity index (χ0v) is 21.8. The SMILES string of the molecule is Cc1ccc(N=Cc2cc(Cl)c(O)c(CN3CCOCCOc4ccccc4OCCOCC3)c2)cc1. The number of halogens is 1. The average Bonchev–Trinajstić information content (AvgIpc) is 2.91. The third-order valence-corrected chi connectivity index (χ3v) is 6.17. The fraction of sp³-hybridized carbons (Fsp3) is 0.345. The lowest BCUT2D eigenvalue weighted by Crippen LogP contribution is -2.31. The monoisotopic (exact) mass is 524 g/mol. The molecule has 1 aliphatic heterocycles. The number of hydrogen-bond acceptors (Lipinski definition) is 7. The molecule has 3 aromatic carbocycles. The van der Waals surface area contributed by atoms with E-state index >= 15 is 0 Å². The van der Waals surface area contributed by atoms with Crippen molar-refractivity contribution in [3.8, 4) is 17.2 Å². The Morgan fingerprint density at radius 3 is 2.11 bits per heavy atom. The van der Waals surface area contributed by atoms with E-state index in [1.54, 1.807) is 12.3 Å². The summed E-state index contributed by atoms with van der Waals surface area (Å²) in [6, 6.07) is 19.2. The molecule has 1 N–H and O–H groups in total. The van der Waals surface area contributed by atoms with Gasteiger partial charge in [-0.2, -0.15) is 0 Å². The summed E-state index contributed by atoms with van der Waals surface area (Å²) in [6.45, 7) is 6.66. The van der Waals surface area contributed by atoms with Gasteiger partial charge in [-0.05, 0) is 48.9 Å². The number of fused-ring (bicyclic) bond motifs is 1. The van der Waals surface area contributed by atoms with Gasteiger partial charge in [-0.15, -0.1) is 0 Å². The summed E-state index contributed by atoms with van der Waals surface area (Å²) < 4.78 is 23.3. The highest BCUT2D eigenvalue weighted by Crippen LogP contribution is 2.30. The summed E-state index contributed by atoms with van der Waals surface area (Å²) in [5.74, 6) is 1.47. The van der Waals surface area contributed by atoms with E-state index in [0.29, 0.717) is 75.8 Å². The van der Waals surface area contributed by atoms with Crippen LogP contribution in [0.3, 0.4) is 0 Å². The van der Waals surface area contributed by atoms with Crippen LogP contribution >= 0.6 is 11.6 Å². The molecule has 0 atom stereocenters. The van der Waals surface area contributed by atoms with E-state index < -0.39 is 0 Å². The summed E-state index contributed by atoms with van der Waals surface area (Å²) in [7, 11) is 0. The molecule has 0 amide bonds. The Morgan fingerprint density at radius 2 is 1.49 bits per heavy atom. The van der Waals surface area contributed by atoms with Gasteiger partial charge in [-0.3, -0.25) is 9.89 Å². The van der Waals surface area contributed by atoms with Gasteiger partial charge < -0.3 is 24.1 Å². The number of aliphatic imine (C=N–C) groups is 1. The fourth-order valence-electron chi connectivity index (χ4n) is 3.87. The molecule has 0 aliphatic carbocycles. The van der Waals surface area contributed by atoms with Gasteiger partial charge in [0.15, 0.2) is 11.5 Å². The van der Waals surface area contributed by atoms with Crippen molar-refractivity contribution in [3.63, 3.8) is 0 Å². The molecular weight excluding hydrogens is 492 g/mol. The highest BCUT2D eigenvalue weighted by molar-refractivity contribution is 6.32. The molecule has 1 heterocycles. The average molecular weight is 525 g/mol. The van der Waals surface area contributed by atoms with Crippen LogP contribution < -0.4 is 9.47 Å². The molecule has 3 aromatic rings. The van der Waals surface area contributed by atoms with Crippen LogP contribution in [-0.2, 0) is 16.0 Å². The summed E-state index contributed by atoms with van der Waals surface area (Å²) >= 11 is 6.36. The Labute approximate surface area is 223 Å². The summed E-state index contributed by atoms with van der Waals surface area (Å²) in [5, 5.41) is 11.0. The Morgan fingerprint density at radius 1 is 0.865 bits per heavy atom. The van der Waals surface area contributed by atoms with Crippen LogP contribution in [0.2, 0.25) is 5.02 Å². The Balaban J connectivity index is 1.40. The smallest absolute Gasteiger partial charge is 0.161 e. The lowest BCUT2D eigenvalue weighted by atomic mass is 10.1. The standard InChI is InChI=1S/C29H33ClN2O5/c1-22-6-8-25(9-7-22)31-20-23-18-24(29(33)26(30)19-23)21-32-10-12-34-14-16-36-27-4-2-3-5-28(27)37-17-15-35-13-11-32/h2-9,18-20,33H,10-17,21H2,1H3. The maximum Gasteiger partial charge on any atom is 0.161 e. The van der Waals surface area contributed by atoms with E-state index in [-0.39, 0.29) is 5.75 Å². The molecule has 8 heteroatoms. The summed E-state index contributed by atoms with van der Waals surface area (Å²) in [5.41, 5.74) is 3.57. The maximum atomic E-state index is 10.7. The van der Waals surface area contributed by atoms with Gasteiger partial charge in [0.05, 0.1) is 37.1 Å². The van der Waals surface area contributed by atoms with Crippen LogP contribution in [0.4, 0.5) is 5.69 Å². The van der Waals surface area contributed by atoms with Gasteiger partial charge in [0, 0.05) is 31.4 Å². The second-order valence-electron chi connectivity index (χ2n) is 8.75. The molecule has 0 saturated heterocycles. The molecule has 0 unspecified atom stereocenters. The van der Waals surface area contributed by atoms with E-state index in [1.165, 1.54) is 5.56 Å². The summed E-state index contributed by atoms with van der Waals surface area (Å²) in [6.07, 6.45) is 1.76. The molecule has 0 fully saturated rings. The first kappa shape index (κ1) is 26.9. The number of para-hydroxylation sites is 2. The van der Waals surface area contributed by atoms with Gasteiger partial charge in [0.25, 0.3) is 0 Å². The molecule has 0 radical (unpaired) electrons. The zero-order valence-electron chi connectivity index (χ0n) is 21.1. The molecule has 7 nitrogen and oxygen atoms in total. The first-order chi connectivity index (χ1) is 18.1. The third-order valence-electron chi connectivity index (χ3n) is 5.88. The van der Waals surface area contributed by atoms with Crippen molar-refractivity contribution in [2.45, 2.75) is 13.5 Å². The van der Waals surface area contributed by atoms with Crippen molar-refractivity contribution >= 4 is 23.5 Å². The van der Waals surface area contributed by atoms with E-state index in [2.05, 4.69) is 9.89 Å². The zero-order chi connectivity index (χ0) is 25.9. The predicted molar refractivity (Wildman–Crippen MR) is 146 cm³/mol. The largest absolute Gasteiger partial charge is 0.506 e. The number of rotatable bonds is 4. The lowest BCUT2D eigenvalue weighted by Gasteiger charge is -2.23. The molecule has 4 rings (SSSR count). The van der Waals surface area contributed by atoms with Crippen molar-refractivity contribution in [3.05, 3.63) is 82.4 Å². The van der Waals surface area contributed by atoms with Crippen LogP contribution in [0.15, 0.2) is 65.7 Å². The first-order valence-corrected chi connectivity index (χ1v) is 12.8. The minimum atomic E-state index is 0.0754. The molecule has 0 spiro atoms. The number of phenolic OH excluding ortho intramolecular Hbond substituents is 1. The van der Waals surface area contributed by atoms with E-state index in [1.807, 2.05) is 61.5 Å². The quantitative estimate of drug-likeness (QED) is 0.460. The van der Waals surface area contributed by atoms with E-state index in [9.17, 15) is 5.11 Å². The number of phenols is 1. The summed E-state index contributed by atoms with van der Waals surface area (Å²) in [4.78, 5) is 6.71. The number of aromatic hydroxyl groups is 1. The molecule has 0 bridgehead atoms. The highest BCUT2D eigenvalue weighted by atomic mass is 35.5. The van der Waals surface area contributed by atoms with Gasteiger partial charge in [-0.25, -0.2) is 0 Å². The normalized spacial score (nSPS) is 16.3. The second-order valence-corrected chi connectivity index (χ2v) is 9.16. The predicted octanol–water partition coefficient (Wildman–Crippen LogP) is 5.41. The van der Waals surface area contributed by atoms with Crippen LogP contribution in [-0.4, -0.2) is 69.0 Å². The second kappa shape index (κ2) is 14.0. The lowest BCUT2D eigenvalue weighted by molar-refractivity contribution is 0.0572.